The highest BCUT2D eigenvalue weighted by atomic mass is 32.2. The van der Waals surface area contributed by atoms with E-state index in [0.29, 0.717) is 6.04 Å². The molecule has 0 radical (unpaired) electrons. The van der Waals surface area contributed by atoms with Crippen molar-refractivity contribution in [3.63, 3.8) is 0 Å². The van der Waals surface area contributed by atoms with Crippen LogP contribution in [0.1, 0.15) is 19.3 Å². The minimum atomic E-state index is 0.626. The fourth-order valence-electron chi connectivity index (χ4n) is 1.42. The average Bonchev–Trinajstić information content (AvgIpc) is 2.14. The van der Waals surface area contributed by atoms with Crippen LogP contribution in [0.4, 0.5) is 0 Å². The second kappa shape index (κ2) is 6.75. The highest BCUT2D eigenvalue weighted by Gasteiger charge is 2.11. The summed E-state index contributed by atoms with van der Waals surface area (Å²) in [7, 11) is 0. The first-order valence-corrected chi connectivity index (χ1v) is 6.13. The molecule has 1 fully saturated rings. The summed E-state index contributed by atoms with van der Waals surface area (Å²) in [6.45, 7) is 3.02. The summed E-state index contributed by atoms with van der Waals surface area (Å²) in [6, 6.07) is 0.626. The molecule has 12 heavy (non-hydrogen) atoms. The van der Waals surface area contributed by atoms with Crippen molar-refractivity contribution in [2.75, 3.05) is 31.8 Å². The van der Waals surface area contributed by atoms with E-state index in [0.717, 1.165) is 19.8 Å². The third-order valence-corrected chi connectivity index (χ3v) is 2.82. The number of hydrogen-bond donors (Lipinski definition) is 1. The van der Waals surface area contributed by atoms with Gasteiger partial charge in [0.1, 0.15) is 0 Å². The molecule has 0 amide bonds. The molecule has 1 rings (SSSR count). The monoisotopic (exact) mass is 189 g/mol. The van der Waals surface area contributed by atoms with Crippen LogP contribution in [0.25, 0.3) is 0 Å². The third kappa shape index (κ3) is 4.33. The Bertz CT molecular complexity index is 105. The largest absolute Gasteiger partial charge is 0.380 e. The van der Waals surface area contributed by atoms with Crippen LogP contribution in [0.3, 0.4) is 0 Å². The topological polar surface area (TPSA) is 21.3 Å². The summed E-state index contributed by atoms with van der Waals surface area (Å²) < 4.78 is 5.37. The van der Waals surface area contributed by atoms with E-state index in [1.54, 1.807) is 0 Å². The first-order chi connectivity index (χ1) is 5.93. The van der Waals surface area contributed by atoms with Crippen LogP contribution in [0.5, 0.6) is 0 Å². The van der Waals surface area contributed by atoms with Gasteiger partial charge >= 0.3 is 0 Å². The van der Waals surface area contributed by atoms with E-state index in [-0.39, 0.29) is 0 Å². The van der Waals surface area contributed by atoms with Crippen LogP contribution in [-0.4, -0.2) is 37.8 Å². The van der Waals surface area contributed by atoms with E-state index < -0.39 is 0 Å². The zero-order valence-electron chi connectivity index (χ0n) is 7.84. The van der Waals surface area contributed by atoms with Gasteiger partial charge in [-0.2, -0.15) is 11.8 Å². The van der Waals surface area contributed by atoms with Gasteiger partial charge in [-0.05, 0) is 37.8 Å². The summed E-state index contributed by atoms with van der Waals surface area (Å²) in [6.07, 6.45) is 5.95. The molecule has 72 valence electrons. The SMILES string of the molecule is CSCCCNC1CCCOC1. The molecule has 2 nitrogen and oxygen atoms in total. The lowest BCUT2D eigenvalue weighted by Crippen LogP contribution is -2.37. The Morgan fingerprint density at radius 3 is 3.17 bits per heavy atom. The van der Waals surface area contributed by atoms with E-state index in [2.05, 4.69) is 11.6 Å². The molecule has 1 saturated heterocycles. The van der Waals surface area contributed by atoms with Gasteiger partial charge in [-0.15, -0.1) is 0 Å². The predicted octanol–water partition coefficient (Wildman–Crippen LogP) is 1.51. The molecule has 1 heterocycles. The molecule has 1 aliphatic rings. The van der Waals surface area contributed by atoms with Crippen LogP contribution < -0.4 is 5.32 Å². The van der Waals surface area contributed by atoms with E-state index in [4.69, 9.17) is 4.74 Å². The van der Waals surface area contributed by atoms with Gasteiger partial charge in [-0.3, -0.25) is 0 Å². The Morgan fingerprint density at radius 2 is 2.50 bits per heavy atom. The molecule has 0 aromatic heterocycles. The molecule has 1 unspecified atom stereocenters. The van der Waals surface area contributed by atoms with E-state index in [1.165, 1.54) is 25.0 Å². The van der Waals surface area contributed by atoms with Crippen LogP contribution in [0, 0.1) is 0 Å². The summed E-state index contributed by atoms with van der Waals surface area (Å²) in [4.78, 5) is 0. The van der Waals surface area contributed by atoms with Crippen molar-refractivity contribution in [3.8, 4) is 0 Å². The minimum Gasteiger partial charge on any atom is -0.380 e. The zero-order chi connectivity index (χ0) is 8.65. The smallest absolute Gasteiger partial charge is 0.0619 e. The van der Waals surface area contributed by atoms with Crippen molar-refractivity contribution in [1.29, 1.82) is 0 Å². The van der Waals surface area contributed by atoms with Gasteiger partial charge in [0.2, 0.25) is 0 Å². The van der Waals surface area contributed by atoms with Crippen molar-refractivity contribution in [3.05, 3.63) is 0 Å². The van der Waals surface area contributed by atoms with Gasteiger partial charge in [0.05, 0.1) is 6.61 Å². The molecule has 1 N–H and O–H groups in total. The lowest BCUT2D eigenvalue weighted by atomic mass is 10.1. The van der Waals surface area contributed by atoms with Crippen LogP contribution in [0.2, 0.25) is 0 Å². The summed E-state index contributed by atoms with van der Waals surface area (Å²) in [5.41, 5.74) is 0. The van der Waals surface area contributed by atoms with Gasteiger partial charge in [-0.25, -0.2) is 0 Å². The van der Waals surface area contributed by atoms with Crippen molar-refractivity contribution in [1.82, 2.24) is 5.32 Å². The van der Waals surface area contributed by atoms with Gasteiger partial charge < -0.3 is 10.1 Å². The Balaban J connectivity index is 1.91. The fraction of sp³-hybridized carbons (Fsp3) is 1.00. The number of hydrogen-bond acceptors (Lipinski definition) is 3. The highest BCUT2D eigenvalue weighted by Crippen LogP contribution is 2.05. The molecule has 0 aromatic rings. The van der Waals surface area contributed by atoms with Crippen molar-refractivity contribution in [2.24, 2.45) is 0 Å². The Kier molecular flexibility index (Phi) is 5.82. The van der Waals surface area contributed by atoms with Gasteiger partial charge in [0, 0.05) is 12.6 Å². The molecule has 0 spiro atoms. The second-order valence-corrected chi connectivity index (χ2v) is 4.20. The fourth-order valence-corrected chi connectivity index (χ4v) is 1.86. The maximum Gasteiger partial charge on any atom is 0.0619 e. The molecule has 0 saturated carbocycles. The number of rotatable bonds is 5. The lowest BCUT2D eigenvalue weighted by molar-refractivity contribution is 0.0706. The standard InChI is InChI=1S/C9H19NOS/c1-12-7-3-5-10-9-4-2-6-11-8-9/h9-10H,2-8H2,1H3. The van der Waals surface area contributed by atoms with Gasteiger partial charge in [-0.1, -0.05) is 0 Å². The zero-order valence-corrected chi connectivity index (χ0v) is 8.66. The summed E-state index contributed by atoms with van der Waals surface area (Å²) >= 11 is 1.92. The molecular weight excluding hydrogens is 170 g/mol. The third-order valence-electron chi connectivity index (χ3n) is 2.12. The minimum absolute atomic E-state index is 0.626. The Labute approximate surface area is 79.4 Å². The van der Waals surface area contributed by atoms with Crippen molar-refractivity contribution in [2.45, 2.75) is 25.3 Å². The van der Waals surface area contributed by atoms with Gasteiger partial charge in [0.15, 0.2) is 0 Å². The summed E-state index contributed by atoms with van der Waals surface area (Å²) in [5.74, 6) is 1.26. The molecule has 0 aromatic carbocycles. The highest BCUT2D eigenvalue weighted by molar-refractivity contribution is 7.98. The number of thioether (sulfide) groups is 1. The average molecular weight is 189 g/mol. The maximum atomic E-state index is 5.37. The predicted molar refractivity (Wildman–Crippen MR) is 54.8 cm³/mol. The lowest BCUT2D eigenvalue weighted by Gasteiger charge is -2.23. The Morgan fingerprint density at radius 1 is 1.58 bits per heavy atom. The van der Waals surface area contributed by atoms with E-state index >= 15 is 0 Å². The quantitative estimate of drug-likeness (QED) is 0.662. The van der Waals surface area contributed by atoms with Crippen LogP contribution in [-0.2, 0) is 4.74 Å². The van der Waals surface area contributed by atoms with E-state index in [9.17, 15) is 0 Å². The van der Waals surface area contributed by atoms with Crippen LogP contribution in [0.15, 0.2) is 0 Å². The molecule has 3 heteroatoms. The molecule has 0 aliphatic carbocycles. The summed E-state index contributed by atoms with van der Waals surface area (Å²) in [5, 5.41) is 3.52. The van der Waals surface area contributed by atoms with Crippen molar-refractivity contribution < 1.29 is 4.74 Å². The molecule has 1 atom stereocenters. The first-order valence-electron chi connectivity index (χ1n) is 4.73. The van der Waals surface area contributed by atoms with Gasteiger partial charge in [0.25, 0.3) is 0 Å². The first kappa shape index (κ1) is 10.4. The number of ether oxygens (including phenoxy) is 1. The van der Waals surface area contributed by atoms with Crippen molar-refractivity contribution >= 4 is 11.8 Å². The van der Waals surface area contributed by atoms with Crippen LogP contribution >= 0.6 is 11.8 Å². The molecular formula is C9H19NOS. The normalized spacial score (nSPS) is 24.2. The second-order valence-electron chi connectivity index (χ2n) is 3.21. The molecule has 1 aliphatic heterocycles. The maximum absolute atomic E-state index is 5.37. The van der Waals surface area contributed by atoms with E-state index in [1.807, 2.05) is 11.8 Å². The Hall–Kier alpha value is 0.270. The number of nitrogens with one attached hydrogen (secondary N) is 1. The molecule has 0 bridgehead atoms.